The summed E-state index contributed by atoms with van der Waals surface area (Å²) in [5.41, 5.74) is 1.41. The van der Waals surface area contributed by atoms with Crippen molar-refractivity contribution in [3.8, 4) is 11.5 Å². The van der Waals surface area contributed by atoms with Crippen LogP contribution in [-0.2, 0) is 9.53 Å². The zero-order chi connectivity index (χ0) is 20.3. The van der Waals surface area contributed by atoms with Crippen molar-refractivity contribution in [2.24, 2.45) is 0 Å². The van der Waals surface area contributed by atoms with Gasteiger partial charge in [0.15, 0.2) is 11.5 Å². The highest BCUT2D eigenvalue weighted by molar-refractivity contribution is 9.10. The Balaban J connectivity index is 1.92. The number of carbonyl (C=O) groups is 2. The number of carbonyl (C=O) groups excluding carboxylic acids is 2. The molecular formula is C20H25BrN2O5. The van der Waals surface area contributed by atoms with E-state index in [-0.39, 0.29) is 17.6 Å². The molecule has 1 aliphatic carbocycles. The molecule has 0 spiro atoms. The van der Waals surface area contributed by atoms with E-state index in [0.29, 0.717) is 21.3 Å². The van der Waals surface area contributed by atoms with Crippen LogP contribution in [0.5, 0.6) is 11.5 Å². The molecule has 1 fully saturated rings. The fourth-order valence-corrected chi connectivity index (χ4v) is 4.16. The number of benzene rings is 1. The summed E-state index contributed by atoms with van der Waals surface area (Å²) < 4.78 is 11.4. The number of ether oxygens (including phenoxy) is 2. The lowest BCUT2D eigenvalue weighted by molar-refractivity contribution is -0.145. The predicted molar refractivity (Wildman–Crippen MR) is 107 cm³/mol. The molecule has 1 aliphatic heterocycles. The Morgan fingerprint density at radius 1 is 1.21 bits per heavy atom. The molecule has 3 rings (SSSR count). The Kier molecular flexibility index (Phi) is 6.49. The summed E-state index contributed by atoms with van der Waals surface area (Å²) in [7, 11) is 1.44. The predicted octanol–water partition coefficient (Wildman–Crippen LogP) is 4.06. The highest BCUT2D eigenvalue weighted by Gasteiger charge is 2.34. The molecule has 1 heterocycles. The Morgan fingerprint density at radius 2 is 1.89 bits per heavy atom. The average molecular weight is 453 g/mol. The molecule has 1 atom stereocenters. The Labute approximate surface area is 172 Å². The Bertz CT molecular complexity index is 800. The quantitative estimate of drug-likeness (QED) is 0.472. The van der Waals surface area contributed by atoms with E-state index in [2.05, 4.69) is 26.6 Å². The summed E-state index contributed by atoms with van der Waals surface area (Å²) in [6.07, 6.45) is 6.05. The van der Waals surface area contributed by atoms with E-state index >= 15 is 0 Å². The van der Waals surface area contributed by atoms with Gasteiger partial charge in [-0.2, -0.15) is 0 Å². The van der Waals surface area contributed by atoms with Gasteiger partial charge in [-0.15, -0.1) is 0 Å². The van der Waals surface area contributed by atoms with Gasteiger partial charge in [-0.05, 0) is 66.2 Å². The standard InChI is InChI=1S/C20H25BrN2O5/c1-11-16(19(25)28-13-7-5-3-4-6-8-13)17(23-20(26)22-11)12-9-14(21)18(24)15(10-12)27-2/h9-10,13,17,24H,3-8H2,1-2H3,(H2,22,23,26). The van der Waals surface area contributed by atoms with Gasteiger partial charge >= 0.3 is 12.0 Å². The number of phenolic OH excluding ortho intramolecular Hbond substituents is 1. The van der Waals surface area contributed by atoms with Crippen LogP contribution < -0.4 is 15.4 Å². The number of hydrogen-bond acceptors (Lipinski definition) is 5. The molecule has 0 aromatic heterocycles. The SMILES string of the molecule is COc1cc(C2NC(=O)NC(C)=C2C(=O)OC2CCCCCC2)cc(Br)c1O. The molecular weight excluding hydrogens is 428 g/mol. The maximum Gasteiger partial charge on any atom is 0.338 e. The molecule has 152 valence electrons. The molecule has 1 aromatic carbocycles. The van der Waals surface area contributed by atoms with E-state index in [1.54, 1.807) is 19.1 Å². The summed E-state index contributed by atoms with van der Waals surface area (Å²) in [5.74, 6) is -0.244. The molecule has 7 nitrogen and oxygen atoms in total. The van der Waals surface area contributed by atoms with Crippen LogP contribution in [0.25, 0.3) is 0 Å². The van der Waals surface area contributed by atoms with Crippen LogP contribution >= 0.6 is 15.9 Å². The molecule has 0 bridgehead atoms. The second kappa shape index (κ2) is 8.86. The van der Waals surface area contributed by atoms with Crippen molar-refractivity contribution in [1.29, 1.82) is 0 Å². The third-order valence-electron chi connectivity index (χ3n) is 5.17. The van der Waals surface area contributed by atoms with Gasteiger partial charge in [0.25, 0.3) is 0 Å². The Morgan fingerprint density at radius 3 is 2.54 bits per heavy atom. The summed E-state index contributed by atoms with van der Waals surface area (Å²) >= 11 is 3.29. The number of allylic oxidation sites excluding steroid dienone is 1. The van der Waals surface area contributed by atoms with Crippen LogP contribution in [0.1, 0.15) is 57.1 Å². The minimum absolute atomic E-state index is 0.0465. The van der Waals surface area contributed by atoms with Crippen LogP contribution in [0, 0.1) is 0 Å². The van der Waals surface area contributed by atoms with E-state index in [1.165, 1.54) is 7.11 Å². The zero-order valence-electron chi connectivity index (χ0n) is 16.0. The fraction of sp³-hybridized carbons (Fsp3) is 0.500. The van der Waals surface area contributed by atoms with Gasteiger partial charge < -0.3 is 25.2 Å². The van der Waals surface area contributed by atoms with Gasteiger partial charge in [0, 0.05) is 5.70 Å². The van der Waals surface area contributed by atoms with Crippen molar-refractivity contribution in [2.45, 2.75) is 57.6 Å². The monoisotopic (exact) mass is 452 g/mol. The highest BCUT2D eigenvalue weighted by atomic mass is 79.9. The number of phenols is 1. The van der Waals surface area contributed by atoms with Crippen molar-refractivity contribution < 1.29 is 24.2 Å². The first-order valence-electron chi connectivity index (χ1n) is 9.46. The second-order valence-corrected chi connectivity index (χ2v) is 8.00. The maximum absolute atomic E-state index is 13.0. The lowest BCUT2D eigenvalue weighted by Crippen LogP contribution is -2.45. The number of methoxy groups -OCH3 is 1. The van der Waals surface area contributed by atoms with E-state index < -0.39 is 18.0 Å². The second-order valence-electron chi connectivity index (χ2n) is 7.14. The van der Waals surface area contributed by atoms with E-state index in [0.717, 1.165) is 38.5 Å². The average Bonchev–Trinajstić information content (AvgIpc) is 2.91. The number of urea groups is 1. The maximum atomic E-state index is 13.0. The minimum Gasteiger partial charge on any atom is -0.503 e. The van der Waals surface area contributed by atoms with Crippen LogP contribution in [0.15, 0.2) is 27.9 Å². The van der Waals surface area contributed by atoms with Crippen molar-refractivity contribution in [3.63, 3.8) is 0 Å². The number of halogens is 1. The van der Waals surface area contributed by atoms with Gasteiger partial charge in [0.2, 0.25) is 0 Å². The summed E-state index contributed by atoms with van der Waals surface area (Å²) in [5, 5.41) is 15.5. The molecule has 3 N–H and O–H groups in total. The molecule has 2 amide bonds. The number of rotatable bonds is 4. The number of aromatic hydroxyl groups is 1. The van der Waals surface area contributed by atoms with Crippen molar-refractivity contribution >= 4 is 27.9 Å². The van der Waals surface area contributed by atoms with Gasteiger partial charge in [-0.1, -0.05) is 12.8 Å². The molecule has 0 saturated heterocycles. The first-order valence-corrected chi connectivity index (χ1v) is 10.3. The molecule has 1 aromatic rings. The van der Waals surface area contributed by atoms with E-state index in [9.17, 15) is 14.7 Å². The van der Waals surface area contributed by atoms with E-state index in [4.69, 9.17) is 9.47 Å². The summed E-state index contributed by atoms with van der Waals surface area (Å²) in [4.78, 5) is 25.1. The van der Waals surface area contributed by atoms with Crippen LogP contribution in [-0.4, -0.2) is 30.3 Å². The number of nitrogens with one attached hydrogen (secondary N) is 2. The molecule has 0 radical (unpaired) electrons. The first kappa shape index (κ1) is 20.5. The largest absolute Gasteiger partial charge is 0.503 e. The van der Waals surface area contributed by atoms with Gasteiger partial charge in [-0.3, -0.25) is 0 Å². The third-order valence-corrected chi connectivity index (χ3v) is 5.77. The lowest BCUT2D eigenvalue weighted by atomic mass is 9.95. The van der Waals surface area contributed by atoms with E-state index in [1.807, 2.05) is 0 Å². The minimum atomic E-state index is -0.710. The highest BCUT2D eigenvalue weighted by Crippen LogP contribution is 2.39. The summed E-state index contributed by atoms with van der Waals surface area (Å²) in [6, 6.07) is 2.14. The van der Waals surface area contributed by atoms with Crippen LogP contribution in [0.3, 0.4) is 0 Å². The fourth-order valence-electron chi connectivity index (χ4n) is 3.71. The van der Waals surface area contributed by atoms with Crippen LogP contribution in [0.4, 0.5) is 4.79 Å². The first-order chi connectivity index (χ1) is 13.4. The topological polar surface area (TPSA) is 96.9 Å². The lowest BCUT2D eigenvalue weighted by Gasteiger charge is -2.29. The van der Waals surface area contributed by atoms with Crippen molar-refractivity contribution in [1.82, 2.24) is 10.6 Å². The Hall–Kier alpha value is -2.22. The van der Waals surface area contributed by atoms with Gasteiger partial charge in [-0.25, -0.2) is 9.59 Å². The smallest absolute Gasteiger partial charge is 0.338 e. The third kappa shape index (κ3) is 4.43. The van der Waals surface area contributed by atoms with Crippen LogP contribution in [0.2, 0.25) is 0 Å². The van der Waals surface area contributed by atoms with Crippen molar-refractivity contribution in [3.05, 3.63) is 33.4 Å². The number of hydrogen-bond donors (Lipinski definition) is 3. The van der Waals surface area contributed by atoms with Gasteiger partial charge in [0.1, 0.15) is 6.10 Å². The molecule has 8 heteroatoms. The zero-order valence-corrected chi connectivity index (χ0v) is 17.6. The van der Waals surface area contributed by atoms with Crippen molar-refractivity contribution in [2.75, 3.05) is 7.11 Å². The van der Waals surface area contributed by atoms with Gasteiger partial charge in [0.05, 0.1) is 23.2 Å². The number of esters is 1. The molecule has 28 heavy (non-hydrogen) atoms. The number of amides is 2. The molecule has 1 unspecified atom stereocenters. The molecule has 1 saturated carbocycles. The molecule has 2 aliphatic rings. The summed E-state index contributed by atoms with van der Waals surface area (Å²) in [6.45, 7) is 1.68. The normalized spacial score (nSPS) is 20.8.